The average Bonchev–Trinajstić information content (AvgIpc) is 2.85. The van der Waals surface area contributed by atoms with E-state index in [2.05, 4.69) is 13.1 Å². The molecule has 0 radical (unpaired) electrons. The lowest BCUT2D eigenvalue weighted by Gasteiger charge is -2.19. The zero-order chi connectivity index (χ0) is 23.8. The molecule has 2 heterocycles. The van der Waals surface area contributed by atoms with E-state index >= 15 is 0 Å². The van der Waals surface area contributed by atoms with Crippen LogP contribution in [0.4, 0.5) is 0 Å². The number of aliphatic hydroxyl groups is 2. The highest BCUT2D eigenvalue weighted by Gasteiger charge is 2.47. The lowest BCUT2D eigenvalue weighted by molar-refractivity contribution is -0.0228. The molecule has 2 unspecified atom stereocenters. The number of ether oxygens (including phenoxy) is 1. The summed E-state index contributed by atoms with van der Waals surface area (Å²) in [6.07, 6.45) is -5.47. The van der Waals surface area contributed by atoms with Crippen LogP contribution in [-0.2, 0) is 38.1 Å². The van der Waals surface area contributed by atoms with Gasteiger partial charge in [0, 0.05) is 12.7 Å². The van der Waals surface area contributed by atoms with Gasteiger partial charge in [0.1, 0.15) is 24.4 Å². The monoisotopic (exact) mass is 512 g/mol. The van der Waals surface area contributed by atoms with Gasteiger partial charge in [0.05, 0.1) is 12.2 Å². The van der Waals surface area contributed by atoms with Gasteiger partial charge in [-0.25, -0.2) is 18.5 Å². The predicted octanol–water partition coefficient (Wildman–Crippen LogP) is -1.94. The number of H-pyrrole nitrogens is 1. The van der Waals surface area contributed by atoms with Crippen molar-refractivity contribution >= 4 is 23.5 Å². The zero-order valence-electron chi connectivity index (χ0n) is 15.4. The molecule has 1 aliphatic heterocycles. The summed E-state index contributed by atoms with van der Waals surface area (Å²) in [5, 5.41) is 20.2. The lowest BCUT2D eigenvalue weighted by Crippen LogP contribution is -2.36. The first-order valence-corrected chi connectivity index (χ1v) is 12.7. The number of phosphoric acid groups is 3. The molecule has 0 spiro atoms. The molecule has 0 amide bonds. The molecule has 1 aromatic heterocycles. The Balaban J connectivity index is 2.12. The number of aryl methyl sites for hydroxylation is 1. The summed E-state index contributed by atoms with van der Waals surface area (Å²) in [5.74, 6) is 0. The maximum Gasteiger partial charge on any atom is 0.490 e. The highest BCUT2D eigenvalue weighted by atomic mass is 31.3. The lowest BCUT2D eigenvalue weighted by atomic mass is 10.0. The van der Waals surface area contributed by atoms with Crippen LogP contribution in [0.15, 0.2) is 15.8 Å². The molecule has 2 rings (SSSR count). The van der Waals surface area contributed by atoms with E-state index in [4.69, 9.17) is 19.4 Å². The second-order valence-electron chi connectivity index (χ2n) is 6.09. The number of aliphatic hydroxyl groups excluding tert-OH is 2. The summed E-state index contributed by atoms with van der Waals surface area (Å²) in [5.41, 5.74) is -1.89. The van der Waals surface area contributed by atoms with E-state index in [1.165, 1.54) is 0 Å². The third kappa shape index (κ3) is 6.97. The van der Waals surface area contributed by atoms with Gasteiger partial charge >= 0.3 is 29.2 Å². The maximum atomic E-state index is 12.0. The fraction of sp³-hybridized carbons (Fsp3) is 0.636. The molecule has 0 saturated carbocycles. The minimum atomic E-state index is -5.74. The molecule has 1 aromatic rings. The number of aromatic nitrogens is 2. The van der Waals surface area contributed by atoms with Crippen LogP contribution in [0, 0.1) is 0 Å². The predicted molar refractivity (Wildman–Crippen MR) is 96.4 cm³/mol. The Morgan fingerprint density at radius 1 is 1.06 bits per heavy atom. The summed E-state index contributed by atoms with van der Waals surface area (Å²) < 4.78 is 51.4. The first kappa shape index (κ1) is 26.2. The van der Waals surface area contributed by atoms with E-state index in [-0.39, 0.29) is 12.1 Å². The quantitative estimate of drug-likeness (QED) is 0.177. The first-order chi connectivity index (χ1) is 14.1. The van der Waals surface area contributed by atoms with Crippen LogP contribution in [0.2, 0.25) is 0 Å². The van der Waals surface area contributed by atoms with Crippen molar-refractivity contribution in [2.45, 2.75) is 37.9 Å². The molecule has 20 heteroatoms. The van der Waals surface area contributed by atoms with Crippen LogP contribution in [-0.4, -0.2) is 64.3 Å². The van der Waals surface area contributed by atoms with Gasteiger partial charge in [-0.1, -0.05) is 0 Å². The number of nitrogens with zero attached hydrogens (tertiary/aromatic N) is 1. The van der Waals surface area contributed by atoms with Gasteiger partial charge < -0.3 is 39.1 Å². The number of aromatic amines is 1. The van der Waals surface area contributed by atoms with Crippen molar-refractivity contribution in [3.05, 3.63) is 32.6 Å². The van der Waals surface area contributed by atoms with E-state index < -0.39 is 65.7 Å². The Hall–Kier alpha value is -1.03. The number of hydrogen-bond acceptors (Lipinski definition) is 11. The molecule has 7 N–H and O–H groups in total. The van der Waals surface area contributed by atoms with Gasteiger partial charge in [-0.15, -0.1) is 0 Å². The van der Waals surface area contributed by atoms with Crippen molar-refractivity contribution in [3.8, 4) is 0 Å². The number of phosphoric ester groups is 1. The normalized spacial score (nSPS) is 28.2. The molecule has 178 valence electrons. The fourth-order valence-electron chi connectivity index (χ4n) is 2.58. The third-order valence-electron chi connectivity index (χ3n) is 3.87. The van der Waals surface area contributed by atoms with Gasteiger partial charge in [-0.3, -0.25) is 14.3 Å². The first-order valence-electron chi connectivity index (χ1n) is 8.19. The molecule has 1 aliphatic rings. The van der Waals surface area contributed by atoms with E-state index in [1.54, 1.807) is 6.92 Å². The van der Waals surface area contributed by atoms with Crippen LogP contribution in [0.3, 0.4) is 0 Å². The van der Waals surface area contributed by atoms with E-state index in [9.17, 15) is 38.4 Å². The van der Waals surface area contributed by atoms with Crippen molar-refractivity contribution in [2.75, 3.05) is 6.61 Å². The topological polar surface area (TPSA) is 264 Å². The number of hydrogen-bond donors (Lipinski definition) is 7. The van der Waals surface area contributed by atoms with E-state index in [1.807, 2.05) is 4.98 Å². The minimum absolute atomic E-state index is 0.156. The Kier molecular flexibility index (Phi) is 7.99. The summed E-state index contributed by atoms with van der Waals surface area (Å²) in [4.78, 5) is 61.1. The van der Waals surface area contributed by atoms with Crippen LogP contribution < -0.4 is 11.2 Å². The molecule has 6 atom stereocenters. The maximum absolute atomic E-state index is 12.0. The molecular weight excluding hydrogens is 493 g/mol. The molecule has 0 aromatic carbocycles. The van der Waals surface area contributed by atoms with Crippen LogP contribution in [0.25, 0.3) is 0 Å². The Morgan fingerprint density at radius 3 is 2.23 bits per heavy atom. The molecule has 1 fully saturated rings. The van der Waals surface area contributed by atoms with Gasteiger partial charge in [-0.2, -0.15) is 8.62 Å². The van der Waals surface area contributed by atoms with E-state index in [0.717, 1.165) is 10.8 Å². The van der Waals surface area contributed by atoms with Crippen molar-refractivity contribution in [1.82, 2.24) is 9.55 Å². The SMILES string of the molecule is CCn1cc([C@@H]2O[C@H](COP(=O)(O)OP(=O)(O)OP(=O)(O)O)[C@@H](O)[C@H]2O)c(=O)[nH]c1=O. The Morgan fingerprint density at radius 2 is 1.68 bits per heavy atom. The third-order valence-corrected chi connectivity index (χ3v) is 7.67. The number of nitrogens with one attached hydrogen (secondary N) is 1. The Labute approximate surface area is 172 Å². The Bertz CT molecular complexity index is 1060. The second-order valence-corrected chi connectivity index (χ2v) is 10.5. The molecule has 0 bridgehead atoms. The molecule has 17 nitrogen and oxygen atoms in total. The average molecular weight is 512 g/mol. The molecular formula is C11H19N2O15P3. The van der Waals surface area contributed by atoms with Crippen molar-refractivity contribution in [3.63, 3.8) is 0 Å². The summed E-state index contributed by atoms with van der Waals surface area (Å²) in [6, 6.07) is 0. The van der Waals surface area contributed by atoms with Crippen molar-refractivity contribution in [1.29, 1.82) is 0 Å². The van der Waals surface area contributed by atoms with E-state index in [0.29, 0.717) is 0 Å². The minimum Gasteiger partial charge on any atom is -0.387 e. The standard InChI is InChI=1S/C11H19N2O15P3/c1-2-13-3-5(10(16)12-11(13)17)9-8(15)7(14)6(26-9)4-25-30(21,22)28-31(23,24)27-29(18,19)20/h3,6-9,14-15H,2,4H2,1H3,(H,21,22)(H,23,24)(H,12,16,17)(H2,18,19,20)/t6-,7-,8-,9+/m1/s1. The summed E-state index contributed by atoms with van der Waals surface area (Å²) >= 11 is 0. The second kappa shape index (κ2) is 9.45. The summed E-state index contributed by atoms with van der Waals surface area (Å²) in [7, 11) is -16.8. The van der Waals surface area contributed by atoms with Crippen molar-refractivity contribution in [2.24, 2.45) is 0 Å². The zero-order valence-corrected chi connectivity index (χ0v) is 18.1. The molecule has 1 saturated heterocycles. The molecule has 31 heavy (non-hydrogen) atoms. The van der Waals surface area contributed by atoms with Crippen LogP contribution in [0.1, 0.15) is 18.6 Å². The largest absolute Gasteiger partial charge is 0.490 e. The van der Waals surface area contributed by atoms with Crippen molar-refractivity contribution < 1.29 is 61.4 Å². The van der Waals surface area contributed by atoms with Gasteiger partial charge in [0.25, 0.3) is 5.56 Å². The number of rotatable bonds is 9. The fourth-order valence-corrected chi connectivity index (χ4v) is 5.61. The summed E-state index contributed by atoms with van der Waals surface area (Å²) in [6.45, 7) is 0.711. The molecule has 0 aliphatic carbocycles. The van der Waals surface area contributed by atoms with Crippen LogP contribution in [0.5, 0.6) is 0 Å². The highest BCUT2D eigenvalue weighted by Crippen LogP contribution is 2.66. The highest BCUT2D eigenvalue weighted by molar-refractivity contribution is 7.66. The van der Waals surface area contributed by atoms with Gasteiger partial charge in [0.2, 0.25) is 0 Å². The van der Waals surface area contributed by atoms with Gasteiger partial charge in [0.15, 0.2) is 0 Å². The smallest absolute Gasteiger partial charge is 0.387 e. The van der Waals surface area contributed by atoms with Gasteiger partial charge in [-0.05, 0) is 6.92 Å². The van der Waals surface area contributed by atoms with Crippen LogP contribution >= 0.6 is 23.5 Å².